The van der Waals surface area contributed by atoms with Crippen LogP contribution in [-0.2, 0) is 6.42 Å². The molecular formula is C17H22N4O2S. The number of aromatic nitrogens is 2. The molecule has 1 aliphatic heterocycles. The third kappa shape index (κ3) is 2.42. The quantitative estimate of drug-likeness (QED) is 0.921. The van der Waals surface area contributed by atoms with E-state index < -0.39 is 0 Å². The molecule has 0 spiro atoms. The van der Waals surface area contributed by atoms with Crippen LogP contribution >= 0.6 is 11.5 Å². The summed E-state index contributed by atoms with van der Waals surface area (Å²) in [6, 6.07) is 1.84. The van der Waals surface area contributed by atoms with Crippen molar-refractivity contribution in [1.82, 2.24) is 14.3 Å². The van der Waals surface area contributed by atoms with Gasteiger partial charge >= 0.3 is 0 Å². The lowest BCUT2D eigenvalue weighted by Crippen LogP contribution is -2.53. The van der Waals surface area contributed by atoms with Crippen molar-refractivity contribution in [3.63, 3.8) is 0 Å². The molecule has 1 saturated carbocycles. The number of hydrogen-bond donors (Lipinski definition) is 1. The first-order valence-corrected chi connectivity index (χ1v) is 9.25. The van der Waals surface area contributed by atoms with E-state index in [2.05, 4.69) is 21.6 Å². The summed E-state index contributed by atoms with van der Waals surface area (Å²) in [7, 11) is 0. The van der Waals surface area contributed by atoms with Crippen molar-refractivity contribution >= 4 is 22.6 Å². The molecule has 128 valence electrons. The van der Waals surface area contributed by atoms with Crippen molar-refractivity contribution in [2.45, 2.75) is 45.6 Å². The molecule has 2 atom stereocenters. The lowest BCUT2D eigenvalue weighted by molar-refractivity contribution is 0.0784. The van der Waals surface area contributed by atoms with Crippen LogP contribution in [0.3, 0.4) is 0 Å². The van der Waals surface area contributed by atoms with Crippen LogP contribution in [0, 0.1) is 19.8 Å². The van der Waals surface area contributed by atoms with E-state index in [1.165, 1.54) is 11.5 Å². The Kier molecular flexibility index (Phi) is 3.63. The first-order chi connectivity index (χ1) is 11.5. The number of carbonyl (C=O) groups excluding carboxylic acids is 1. The SMILES string of the molecule is CCc1nsc(NC23CCC2CN(C(=O)c2cc(C)oc2C)C3)n1. The third-order valence-corrected chi connectivity index (χ3v) is 6.00. The summed E-state index contributed by atoms with van der Waals surface area (Å²) in [6.07, 6.45) is 3.07. The number of hydrogen-bond acceptors (Lipinski definition) is 6. The lowest BCUT2D eigenvalue weighted by atomic mass is 9.69. The number of furan rings is 1. The maximum absolute atomic E-state index is 12.9. The Bertz CT molecular complexity index is 783. The third-order valence-electron chi connectivity index (χ3n) is 5.33. The average Bonchev–Trinajstić information content (AvgIpc) is 3.19. The molecule has 7 heteroatoms. The number of amides is 1. The fraction of sp³-hybridized carbons (Fsp3) is 0.588. The Morgan fingerprint density at radius 1 is 1.54 bits per heavy atom. The molecule has 1 N–H and O–H groups in total. The summed E-state index contributed by atoms with van der Waals surface area (Å²) in [5, 5.41) is 4.47. The second-order valence-electron chi connectivity index (χ2n) is 6.90. The van der Waals surface area contributed by atoms with Gasteiger partial charge in [0.15, 0.2) is 0 Å². The normalized spacial score (nSPS) is 25.5. The Morgan fingerprint density at radius 2 is 2.38 bits per heavy atom. The molecule has 2 aromatic heterocycles. The Labute approximate surface area is 145 Å². The molecule has 1 saturated heterocycles. The predicted molar refractivity (Wildman–Crippen MR) is 92.5 cm³/mol. The highest BCUT2D eigenvalue weighted by atomic mass is 32.1. The van der Waals surface area contributed by atoms with Gasteiger partial charge in [-0.3, -0.25) is 4.79 Å². The monoisotopic (exact) mass is 346 g/mol. The molecule has 0 aromatic carbocycles. The van der Waals surface area contributed by atoms with Gasteiger partial charge in [0.25, 0.3) is 5.91 Å². The summed E-state index contributed by atoms with van der Waals surface area (Å²) in [6.45, 7) is 7.31. The van der Waals surface area contributed by atoms with Crippen LogP contribution in [0.5, 0.6) is 0 Å². The van der Waals surface area contributed by atoms with Crippen LogP contribution in [-0.4, -0.2) is 38.8 Å². The fourth-order valence-electron chi connectivity index (χ4n) is 3.88. The molecule has 2 unspecified atom stereocenters. The van der Waals surface area contributed by atoms with Crippen LogP contribution in [0.25, 0.3) is 0 Å². The van der Waals surface area contributed by atoms with Gasteiger partial charge in [-0.2, -0.15) is 4.37 Å². The summed E-state index contributed by atoms with van der Waals surface area (Å²) < 4.78 is 9.87. The summed E-state index contributed by atoms with van der Waals surface area (Å²) in [5.74, 6) is 2.93. The molecule has 6 nitrogen and oxygen atoms in total. The number of rotatable bonds is 4. The number of carbonyl (C=O) groups is 1. The van der Waals surface area contributed by atoms with Gasteiger partial charge in [-0.15, -0.1) is 0 Å². The number of likely N-dealkylation sites (tertiary alicyclic amines) is 1. The van der Waals surface area contributed by atoms with Crippen LogP contribution in [0.1, 0.15) is 47.5 Å². The minimum atomic E-state index is -0.0348. The first kappa shape index (κ1) is 15.6. The predicted octanol–water partition coefficient (Wildman–Crippen LogP) is 3.03. The van der Waals surface area contributed by atoms with Gasteiger partial charge < -0.3 is 14.6 Å². The molecule has 3 heterocycles. The Hall–Kier alpha value is -1.89. The van der Waals surface area contributed by atoms with E-state index in [0.29, 0.717) is 17.2 Å². The van der Waals surface area contributed by atoms with Gasteiger partial charge in [0.05, 0.1) is 11.1 Å². The fourth-order valence-corrected chi connectivity index (χ4v) is 4.63. The highest BCUT2D eigenvalue weighted by Crippen LogP contribution is 2.47. The molecule has 2 aromatic rings. The van der Waals surface area contributed by atoms with Crippen molar-refractivity contribution in [3.05, 3.63) is 29.0 Å². The second kappa shape index (κ2) is 5.58. The highest BCUT2D eigenvalue weighted by molar-refractivity contribution is 7.09. The van der Waals surface area contributed by atoms with E-state index in [1.807, 2.05) is 24.8 Å². The molecule has 4 rings (SSSR count). The number of fused-ring (bicyclic) bond motifs is 1. The lowest BCUT2D eigenvalue weighted by Gasteiger charge is -2.44. The van der Waals surface area contributed by atoms with Gasteiger partial charge in [0, 0.05) is 37.0 Å². The molecule has 2 aliphatic rings. The van der Waals surface area contributed by atoms with Crippen molar-refractivity contribution < 1.29 is 9.21 Å². The largest absolute Gasteiger partial charge is 0.466 e. The highest BCUT2D eigenvalue weighted by Gasteiger charge is 2.54. The van der Waals surface area contributed by atoms with Gasteiger partial charge in [0.2, 0.25) is 5.13 Å². The van der Waals surface area contributed by atoms with E-state index in [-0.39, 0.29) is 11.4 Å². The minimum absolute atomic E-state index is 0.0348. The van der Waals surface area contributed by atoms with E-state index in [1.54, 1.807) is 0 Å². The summed E-state index contributed by atoms with van der Waals surface area (Å²) in [4.78, 5) is 19.3. The van der Waals surface area contributed by atoms with Gasteiger partial charge in [-0.1, -0.05) is 6.92 Å². The van der Waals surface area contributed by atoms with E-state index in [9.17, 15) is 4.79 Å². The van der Waals surface area contributed by atoms with Gasteiger partial charge in [0.1, 0.15) is 17.3 Å². The standard InChI is InChI=1S/C17H22N4O2S/c1-4-14-18-16(24-20-14)19-17-6-5-12(17)8-21(9-17)15(22)13-7-10(2)23-11(13)3/h7,12H,4-6,8-9H2,1-3H3,(H,18,19,20). The van der Waals surface area contributed by atoms with E-state index in [4.69, 9.17) is 4.42 Å². The molecule has 1 amide bonds. The molecule has 0 bridgehead atoms. The van der Waals surface area contributed by atoms with Crippen molar-refractivity contribution in [2.75, 3.05) is 18.4 Å². The molecule has 24 heavy (non-hydrogen) atoms. The second-order valence-corrected chi connectivity index (χ2v) is 7.65. The number of aryl methyl sites for hydroxylation is 3. The van der Waals surface area contributed by atoms with Crippen LogP contribution in [0.2, 0.25) is 0 Å². The van der Waals surface area contributed by atoms with Crippen molar-refractivity contribution in [1.29, 1.82) is 0 Å². The van der Waals surface area contributed by atoms with Crippen LogP contribution in [0.4, 0.5) is 5.13 Å². The number of anilines is 1. The van der Waals surface area contributed by atoms with Gasteiger partial charge in [-0.05, 0) is 32.8 Å². The van der Waals surface area contributed by atoms with Crippen LogP contribution < -0.4 is 5.32 Å². The van der Waals surface area contributed by atoms with Crippen molar-refractivity contribution in [2.24, 2.45) is 5.92 Å². The molecule has 2 fully saturated rings. The molecule has 0 radical (unpaired) electrons. The van der Waals surface area contributed by atoms with Gasteiger partial charge in [-0.25, -0.2) is 4.98 Å². The zero-order valence-corrected chi connectivity index (χ0v) is 15.1. The molecular weight excluding hydrogens is 324 g/mol. The zero-order valence-electron chi connectivity index (χ0n) is 14.3. The summed E-state index contributed by atoms with van der Waals surface area (Å²) >= 11 is 1.42. The average molecular weight is 346 g/mol. The van der Waals surface area contributed by atoms with Crippen LogP contribution in [0.15, 0.2) is 10.5 Å². The maximum atomic E-state index is 12.9. The number of nitrogens with one attached hydrogen (secondary N) is 1. The van der Waals surface area contributed by atoms with E-state index in [0.717, 1.165) is 49.1 Å². The summed E-state index contributed by atoms with van der Waals surface area (Å²) in [5.41, 5.74) is 0.653. The Morgan fingerprint density at radius 3 is 2.96 bits per heavy atom. The molecule has 1 aliphatic carbocycles. The number of nitrogens with zero attached hydrogens (tertiary/aromatic N) is 3. The topological polar surface area (TPSA) is 71.3 Å². The first-order valence-electron chi connectivity index (χ1n) is 8.48. The van der Waals surface area contributed by atoms with Crippen molar-refractivity contribution in [3.8, 4) is 0 Å². The minimum Gasteiger partial charge on any atom is -0.466 e. The van der Waals surface area contributed by atoms with E-state index >= 15 is 0 Å². The smallest absolute Gasteiger partial charge is 0.257 e. The maximum Gasteiger partial charge on any atom is 0.257 e. The Balaban J connectivity index is 1.51. The zero-order chi connectivity index (χ0) is 16.9.